The molecular weight excluding hydrogens is 353 g/mol. The van der Waals surface area contributed by atoms with E-state index in [2.05, 4.69) is 5.32 Å². The zero-order valence-corrected chi connectivity index (χ0v) is 15.3. The van der Waals surface area contributed by atoms with Crippen molar-refractivity contribution in [3.8, 4) is 0 Å². The highest BCUT2D eigenvalue weighted by atomic mass is 35.5. The van der Waals surface area contributed by atoms with E-state index in [1.165, 1.54) is 6.07 Å². The van der Waals surface area contributed by atoms with Crippen LogP contribution < -0.4 is 11.1 Å². The van der Waals surface area contributed by atoms with Crippen LogP contribution in [0, 0.1) is 11.8 Å². The number of carbonyl (C=O) groups is 1. The number of halogens is 4. The highest BCUT2D eigenvalue weighted by Crippen LogP contribution is 2.32. The molecular formula is C18H26ClF3N2O. The highest BCUT2D eigenvalue weighted by Gasteiger charge is 2.32. The van der Waals surface area contributed by atoms with Crippen molar-refractivity contribution in [3.05, 3.63) is 35.4 Å². The maximum Gasteiger partial charge on any atom is 0.416 e. The monoisotopic (exact) mass is 378 g/mol. The van der Waals surface area contributed by atoms with Gasteiger partial charge in [0, 0.05) is 12.0 Å². The molecule has 1 aromatic rings. The lowest BCUT2D eigenvalue weighted by Gasteiger charge is -2.29. The van der Waals surface area contributed by atoms with E-state index in [0.717, 1.165) is 31.4 Å². The second kappa shape index (κ2) is 8.90. The molecule has 0 spiro atoms. The molecule has 7 heteroatoms. The summed E-state index contributed by atoms with van der Waals surface area (Å²) in [4.78, 5) is 12.5. The third kappa shape index (κ3) is 5.89. The fourth-order valence-corrected chi connectivity index (χ4v) is 3.28. The van der Waals surface area contributed by atoms with E-state index < -0.39 is 17.8 Å². The van der Waals surface area contributed by atoms with Gasteiger partial charge in [-0.25, -0.2) is 0 Å². The quantitative estimate of drug-likeness (QED) is 0.812. The lowest BCUT2D eigenvalue weighted by atomic mass is 9.85. The summed E-state index contributed by atoms with van der Waals surface area (Å²) in [6, 6.07) is 4.77. The second-order valence-electron chi connectivity index (χ2n) is 6.98. The molecule has 3 unspecified atom stereocenters. The predicted molar refractivity (Wildman–Crippen MR) is 94.3 cm³/mol. The van der Waals surface area contributed by atoms with E-state index in [1.54, 1.807) is 6.07 Å². The number of alkyl halides is 3. The molecule has 0 saturated heterocycles. The Morgan fingerprint density at radius 3 is 2.52 bits per heavy atom. The van der Waals surface area contributed by atoms with Gasteiger partial charge in [-0.05, 0) is 42.9 Å². The van der Waals surface area contributed by atoms with E-state index >= 15 is 0 Å². The number of amides is 1. The summed E-state index contributed by atoms with van der Waals surface area (Å²) in [7, 11) is 0. The Balaban J connectivity index is 0.00000312. The molecule has 1 amide bonds. The van der Waals surface area contributed by atoms with Gasteiger partial charge in [-0.15, -0.1) is 12.4 Å². The normalized spacial score (nSPS) is 22.2. The molecule has 3 atom stereocenters. The second-order valence-corrected chi connectivity index (χ2v) is 6.98. The number of nitrogens with two attached hydrogens (primary N) is 1. The van der Waals surface area contributed by atoms with Gasteiger partial charge in [0.2, 0.25) is 5.91 Å². The molecule has 1 aliphatic rings. The SMILES string of the molecule is CC(C)C(NC(=O)C1CCCC(N)C1)c1cccc(C(F)(F)F)c1.Cl. The lowest BCUT2D eigenvalue weighted by Crippen LogP contribution is -2.40. The number of nitrogens with one attached hydrogen (secondary N) is 1. The first-order chi connectivity index (χ1) is 11.2. The van der Waals surface area contributed by atoms with Gasteiger partial charge < -0.3 is 11.1 Å². The first kappa shape index (κ1) is 21.8. The molecule has 3 N–H and O–H groups in total. The average molecular weight is 379 g/mol. The molecule has 1 aromatic carbocycles. The van der Waals surface area contributed by atoms with Crippen molar-refractivity contribution in [1.82, 2.24) is 5.32 Å². The molecule has 0 heterocycles. The molecule has 0 radical (unpaired) electrons. The summed E-state index contributed by atoms with van der Waals surface area (Å²) in [5, 5.41) is 2.94. The van der Waals surface area contributed by atoms with Gasteiger partial charge in [0.15, 0.2) is 0 Å². The van der Waals surface area contributed by atoms with Gasteiger partial charge in [-0.1, -0.05) is 32.4 Å². The van der Waals surface area contributed by atoms with Gasteiger partial charge >= 0.3 is 6.18 Å². The zero-order chi connectivity index (χ0) is 17.9. The molecule has 1 fully saturated rings. The standard InChI is InChI=1S/C18H25F3N2O.ClH/c1-11(2)16(12-5-3-7-14(9-12)18(19,20)21)23-17(24)13-6-4-8-15(22)10-13;/h3,5,7,9,11,13,15-16H,4,6,8,10,22H2,1-2H3,(H,23,24);1H. The van der Waals surface area contributed by atoms with Crippen molar-refractivity contribution >= 4 is 18.3 Å². The zero-order valence-electron chi connectivity index (χ0n) is 14.5. The van der Waals surface area contributed by atoms with Crippen LogP contribution >= 0.6 is 12.4 Å². The topological polar surface area (TPSA) is 55.1 Å². The Kier molecular flexibility index (Phi) is 7.75. The Bertz CT molecular complexity index is 578. The van der Waals surface area contributed by atoms with Gasteiger partial charge in [0.05, 0.1) is 11.6 Å². The van der Waals surface area contributed by atoms with Crippen molar-refractivity contribution in [2.24, 2.45) is 17.6 Å². The third-order valence-electron chi connectivity index (χ3n) is 4.62. The molecule has 3 nitrogen and oxygen atoms in total. The maximum atomic E-state index is 12.9. The summed E-state index contributed by atoms with van der Waals surface area (Å²) in [5.41, 5.74) is 5.71. The molecule has 1 aliphatic carbocycles. The van der Waals surface area contributed by atoms with E-state index in [1.807, 2.05) is 13.8 Å². The fraction of sp³-hybridized carbons (Fsp3) is 0.611. The summed E-state index contributed by atoms with van der Waals surface area (Å²) in [6.45, 7) is 3.77. The smallest absolute Gasteiger partial charge is 0.349 e. The Hall–Kier alpha value is -1.27. The minimum atomic E-state index is -4.39. The average Bonchev–Trinajstić information content (AvgIpc) is 2.51. The van der Waals surface area contributed by atoms with Crippen LogP contribution in [0.3, 0.4) is 0 Å². The van der Waals surface area contributed by atoms with Crippen molar-refractivity contribution < 1.29 is 18.0 Å². The molecule has 2 rings (SSSR count). The summed E-state index contributed by atoms with van der Waals surface area (Å²) in [5.74, 6) is -0.281. The first-order valence-corrected chi connectivity index (χ1v) is 8.41. The van der Waals surface area contributed by atoms with E-state index in [-0.39, 0.29) is 36.2 Å². The van der Waals surface area contributed by atoms with Crippen molar-refractivity contribution in [2.75, 3.05) is 0 Å². The predicted octanol–water partition coefficient (Wildman–Crippen LogP) is 4.46. The maximum absolute atomic E-state index is 12.9. The summed E-state index contributed by atoms with van der Waals surface area (Å²) in [6.07, 6.45) is -1.13. The van der Waals surface area contributed by atoms with Crippen molar-refractivity contribution in [1.29, 1.82) is 0 Å². The molecule has 0 aliphatic heterocycles. The van der Waals surface area contributed by atoms with Gasteiger partial charge in [0.25, 0.3) is 0 Å². The van der Waals surface area contributed by atoms with Gasteiger partial charge in [-0.3, -0.25) is 4.79 Å². The minimum Gasteiger partial charge on any atom is -0.349 e. The molecule has 0 aromatic heterocycles. The van der Waals surface area contributed by atoms with E-state index in [4.69, 9.17) is 5.73 Å². The highest BCUT2D eigenvalue weighted by molar-refractivity contribution is 5.85. The largest absolute Gasteiger partial charge is 0.416 e. The summed E-state index contributed by atoms with van der Waals surface area (Å²) < 4.78 is 38.8. The van der Waals surface area contributed by atoms with Crippen LogP contribution in [0.1, 0.15) is 56.7 Å². The van der Waals surface area contributed by atoms with Crippen LogP contribution in [0.25, 0.3) is 0 Å². The number of carbonyl (C=O) groups excluding carboxylic acids is 1. The molecule has 25 heavy (non-hydrogen) atoms. The van der Waals surface area contributed by atoms with Crippen LogP contribution in [0.5, 0.6) is 0 Å². The van der Waals surface area contributed by atoms with Crippen molar-refractivity contribution in [2.45, 2.75) is 57.8 Å². The number of hydrogen-bond donors (Lipinski definition) is 2. The van der Waals surface area contributed by atoms with E-state index in [0.29, 0.717) is 12.0 Å². The Morgan fingerprint density at radius 1 is 1.28 bits per heavy atom. The summed E-state index contributed by atoms with van der Waals surface area (Å²) >= 11 is 0. The van der Waals surface area contributed by atoms with Gasteiger partial charge in [0.1, 0.15) is 0 Å². The van der Waals surface area contributed by atoms with Crippen LogP contribution in [-0.2, 0) is 11.0 Å². The van der Waals surface area contributed by atoms with Crippen LogP contribution in [0.2, 0.25) is 0 Å². The molecule has 0 bridgehead atoms. The Morgan fingerprint density at radius 2 is 1.96 bits per heavy atom. The van der Waals surface area contributed by atoms with Crippen LogP contribution in [-0.4, -0.2) is 11.9 Å². The van der Waals surface area contributed by atoms with Crippen molar-refractivity contribution in [3.63, 3.8) is 0 Å². The molecule has 1 saturated carbocycles. The van der Waals surface area contributed by atoms with Gasteiger partial charge in [-0.2, -0.15) is 13.2 Å². The fourth-order valence-electron chi connectivity index (χ4n) is 3.28. The number of rotatable bonds is 4. The number of benzene rings is 1. The minimum absolute atomic E-state index is 0. The molecule has 142 valence electrons. The van der Waals surface area contributed by atoms with Crippen LogP contribution in [0.4, 0.5) is 13.2 Å². The van der Waals surface area contributed by atoms with Crippen LogP contribution in [0.15, 0.2) is 24.3 Å². The first-order valence-electron chi connectivity index (χ1n) is 8.41. The Labute approximate surface area is 153 Å². The van der Waals surface area contributed by atoms with E-state index in [9.17, 15) is 18.0 Å². The third-order valence-corrected chi connectivity index (χ3v) is 4.62. The number of hydrogen-bond acceptors (Lipinski definition) is 2. The lowest BCUT2D eigenvalue weighted by molar-refractivity contribution is -0.137.